The van der Waals surface area contributed by atoms with Crippen LogP contribution < -0.4 is 5.56 Å². The molecule has 0 atom stereocenters. The zero-order valence-corrected chi connectivity index (χ0v) is 7.85. The molecule has 1 rings (SSSR count). The Kier molecular flexibility index (Phi) is 3.17. The number of ether oxygens (including phenoxy) is 1. The fourth-order valence-corrected chi connectivity index (χ4v) is 1.05. The second kappa shape index (κ2) is 4.36. The van der Waals surface area contributed by atoms with E-state index in [0.717, 1.165) is 12.3 Å². The van der Waals surface area contributed by atoms with Gasteiger partial charge in [0.25, 0.3) is 5.69 Å². The number of esters is 1. The summed E-state index contributed by atoms with van der Waals surface area (Å²) in [4.78, 5) is 33.8. The summed E-state index contributed by atoms with van der Waals surface area (Å²) in [7, 11) is 1.17. The number of rotatable bonds is 3. The Labute approximate surface area is 83.8 Å². The molecule has 0 saturated heterocycles. The van der Waals surface area contributed by atoms with Gasteiger partial charge < -0.3 is 9.72 Å². The number of aromatic amines is 1. The van der Waals surface area contributed by atoms with E-state index in [1.54, 1.807) is 0 Å². The first-order valence-electron chi connectivity index (χ1n) is 3.97. The topological polar surface area (TPSA) is 102 Å². The Morgan fingerprint density at radius 1 is 1.67 bits per heavy atom. The number of carbonyl (C=O) groups excluding carboxylic acids is 1. The van der Waals surface area contributed by atoms with E-state index in [-0.39, 0.29) is 17.7 Å². The van der Waals surface area contributed by atoms with Crippen LogP contribution in [-0.4, -0.2) is 23.0 Å². The number of carbonyl (C=O) groups is 1. The lowest BCUT2D eigenvalue weighted by Gasteiger charge is -2.00. The Morgan fingerprint density at radius 3 is 2.87 bits per heavy atom. The predicted octanol–water partition coefficient (Wildman–Crippen LogP) is -0.00140. The van der Waals surface area contributed by atoms with Gasteiger partial charge in [0.05, 0.1) is 24.7 Å². The number of methoxy groups -OCH3 is 1. The van der Waals surface area contributed by atoms with Gasteiger partial charge >= 0.3 is 5.97 Å². The molecule has 1 heterocycles. The number of hydrogen-bond acceptors (Lipinski definition) is 5. The molecule has 0 aliphatic heterocycles. The van der Waals surface area contributed by atoms with Crippen molar-refractivity contribution in [2.75, 3.05) is 7.11 Å². The number of H-pyrrole nitrogens is 1. The van der Waals surface area contributed by atoms with Gasteiger partial charge in [0.2, 0.25) is 5.56 Å². The molecule has 1 aromatic rings. The summed E-state index contributed by atoms with van der Waals surface area (Å²) in [6.45, 7) is 0. The molecular formula is C8H8N2O5. The average Bonchev–Trinajstić information content (AvgIpc) is 2.17. The molecular weight excluding hydrogens is 204 g/mol. The van der Waals surface area contributed by atoms with Gasteiger partial charge in [-0.25, -0.2) is 0 Å². The molecule has 1 N–H and O–H groups in total. The van der Waals surface area contributed by atoms with Crippen LogP contribution in [-0.2, 0) is 16.0 Å². The molecule has 15 heavy (non-hydrogen) atoms. The van der Waals surface area contributed by atoms with Crippen LogP contribution in [0.4, 0.5) is 5.69 Å². The van der Waals surface area contributed by atoms with Crippen LogP contribution in [0.1, 0.15) is 5.56 Å². The first-order chi connectivity index (χ1) is 7.04. The van der Waals surface area contributed by atoms with E-state index >= 15 is 0 Å². The molecule has 0 bridgehead atoms. The largest absolute Gasteiger partial charge is 0.469 e. The Morgan fingerprint density at radius 2 is 2.33 bits per heavy atom. The maximum absolute atomic E-state index is 10.9. The van der Waals surface area contributed by atoms with Crippen LogP contribution in [0.3, 0.4) is 0 Å². The predicted molar refractivity (Wildman–Crippen MR) is 49.4 cm³/mol. The number of nitrogens with one attached hydrogen (secondary N) is 1. The van der Waals surface area contributed by atoms with Crippen molar-refractivity contribution in [1.82, 2.24) is 4.98 Å². The highest BCUT2D eigenvalue weighted by Gasteiger charge is 2.17. The van der Waals surface area contributed by atoms with E-state index in [1.807, 2.05) is 0 Å². The lowest BCUT2D eigenvalue weighted by atomic mass is 10.1. The number of nitrogens with zero attached hydrogens (tertiary/aromatic N) is 1. The summed E-state index contributed by atoms with van der Waals surface area (Å²) < 4.78 is 4.35. The van der Waals surface area contributed by atoms with Crippen molar-refractivity contribution in [3.63, 3.8) is 0 Å². The molecule has 0 spiro atoms. The van der Waals surface area contributed by atoms with E-state index in [1.165, 1.54) is 7.11 Å². The van der Waals surface area contributed by atoms with Crippen molar-refractivity contribution >= 4 is 11.7 Å². The Balaban J connectivity index is 3.13. The van der Waals surface area contributed by atoms with Gasteiger partial charge in [0, 0.05) is 11.6 Å². The highest BCUT2D eigenvalue weighted by Crippen LogP contribution is 2.15. The fourth-order valence-electron chi connectivity index (χ4n) is 1.05. The first-order valence-corrected chi connectivity index (χ1v) is 3.97. The molecule has 0 aliphatic carbocycles. The van der Waals surface area contributed by atoms with Gasteiger partial charge in [-0.2, -0.15) is 0 Å². The van der Waals surface area contributed by atoms with Crippen molar-refractivity contribution in [3.8, 4) is 0 Å². The normalized spacial score (nSPS) is 9.67. The molecule has 7 heteroatoms. The fraction of sp³-hybridized carbons (Fsp3) is 0.250. The molecule has 0 aliphatic rings. The molecule has 0 amide bonds. The maximum Gasteiger partial charge on any atom is 0.310 e. The van der Waals surface area contributed by atoms with Crippen LogP contribution in [0.15, 0.2) is 17.1 Å². The van der Waals surface area contributed by atoms with Crippen molar-refractivity contribution in [3.05, 3.63) is 38.3 Å². The SMILES string of the molecule is COC(=O)Cc1cc(=O)[nH]cc1[N+](=O)[O-]. The van der Waals surface area contributed by atoms with Crippen LogP contribution in [0.25, 0.3) is 0 Å². The van der Waals surface area contributed by atoms with Gasteiger partial charge in [0.15, 0.2) is 0 Å². The summed E-state index contributed by atoms with van der Waals surface area (Å²) in [5, 5.41) is 10.5. The third-order valence-electron chi connectivity index (χ3n) is 1.74. The van der Waals surface area contributed by atoms with E-state index in [4.69, 9.17) is 0 Å². The Hall–Kier alpha value is -2.18. The standard InChI is InChI=1S/C8H8N2O5/c1-15-8(12)3-5-2-7(11)9-4-6(5)10(13)14/h2,4H,3H2,1H3,(H,9,11). The van der Waals surface area contributed by atoms with Crippen molar-refractivity contribution in [2.45, 2.75) is 6.42 Å². The summed E-state index contributed by atoms with van der Waals surface area (Å²) in [5.41, 5.74) is -0.768. The quantitative estimate of drug-likeness (QED) is 0.431. The first kappa shape index (κ1) is 10.9. The molecule has 0 aromatic carbocycles. The minimum Gasteiger partial charge on any atom is -0.469 e. The van der Waals surface area contributed by atoms with Crippen LogP contribution in [0.2, 0.25) is 0 Å². The number of aromatic nitrogens is 1. The minimum absolute atomic E-state index is 0.0376. The average molecular weight is 212 g/mol. The van der Waals surface area contributed by atoms with E-state index in [0.29, 0.717) is 0 Å². The lowest BCUT2D eigenvalue weighted by molar-refractivity contribution is -0.385. The lowest BCUT2D eigenvalue weighted by Crippen LogP contribution is -2.12. The van der Waals surface area contributed by atoms with Gasteiger partial charge in [-0.3, -0.25) is 19.7 Å². The molecule has 80 valence electrons. The van der Waals surface area contributed by atoms with Crippen molar-refractivity contribution < 1.29 is 14.5 Å². The van der Waals surface area contributed by atoms with Gasteiger partial charge in [-0.05, 0) is 0 Å². The highest BCUT2D eigenvalue weighted by molar-refractivity contribution is 5.73. The summed E-state index contributed by atoms with van der Waals surface area (Å²) in [6.07, 6.45) is 0.664. The Bertz CT molecular complexity index is 451. The zero-order chi connectivity index (χ0) is 11.4. The second-order valence-electron chi connectivity index (χ2n) is 2.72. The number of nitro groups is 1. The summed E-state index contributed by atoms with van der Waals surface area (Å²) in [6, 6.07) is 1.01. The van der Waals surface area contributed by atoms with Crippen molar-refractivity contribution in [2.24, 2.45) is 0 Å². The third kappa shape index (κ3) is 2.63. The maximum atomic E-state index is 10.9. The summed E-state index contributed by atoms with van der Waals surface area (Å²) >= 11 is 0. The zero-order valence-electron chi connectivity index (χ0n) is 7.85. The molecule has 1 aromatic heterocycles. The third-order valence-corrected chi connectivity index (χ3v) is 1.74. The highest BCUT2D eigenvalue weighted by atomic mass is 16.6. The smallest absolute Gasteiger partial charge is 0.310 e. The summed E-state index contributed by atoms with van der Waals surface area (Å²) in [5.74, 6) is -0.635. The monoisotopic (exact) mass is 212 g/mol. The minimum atomic E-state index is -0.672. The van der Waals surface area contributed by atoms with E-state index in [9.17, 15) is 19.7 Å². The van der Waals surface area contributed by atoms with Crippen LogP contribution in [0.5, 0.6) is 0 Å². The second-order valence-corrected chi connectivity index (χ2v) is 2.72. The van der Waals surface area contributed by atoms with Crippen LogP contribution in [0, 0.1) is 10.1 Å². The van der Waals surface area contributed by atoms with E-state index in [2.05, 4.69) is 9.72 Å². The number of hydrogen-bond donors (Lipinski definition) is 1. The molecule has 0 unspecified atom stereocenters. The van der Waals surface area contributed by atoms with Gasteiger partial charge in [-0.15, -0.1) is 0 Å². The van der Waals surface area contributed by atoms with Gasteiger partial charge in [-0.1, -0.05) is 0 Å². The molecule has 0 radical (unpaired) electrons. The molecule has 0 saturated carbocycles. The number of pyridine rings is 1. The molecule has 7 nitrogen and oxygen atoms in total. The van der Waals surface area contributed by atoms with Crippen molar-refractivity contribution in [1.29, 1.82) is 0 Å². The van der Waals surface area contributed by atoms with Crippen LogP contribution >= 0.6 is 0 Å². The van der Waals surface area contributed by atoms with E-state index < -0.39 is 16.5 Å². The van der Waals surface area contributed by atoms with Gasteiger partial charge in [0.1, 0.15) is 0 Å². The molecule has 0 fully saturated rings.